The SMILES string of the molecule is COc1cc(SC(=O)c2ccccc2)cc(OC)c1Br. The predicted octanol–water partition coefficient (Wildman–Crippen LogP) is 4.40. The molecule has 2 aromatic rings. The molecule has 0 aromatic heterocycles. The molecular weight excluding hydrogens is 340 g/mol. The molecule has 0 bridgehead atoms. The first kappa shape index (κ1) is 14.9. The summed E-state index contributed by atoms with van der Waals surface area (Å²) in [6, 6.07) is 12.8. The maximum absolute atomic E-state index is 12.2. The lowest BCUT2D eigenvalue weighted by atomic mass is 10.2. The van der Waals surface area contributed by atoms with Gasteiger partial charge in [-0.15, -0.1) is 0 Å². The van der Waals surface area contributed by atoms with Gasteiger partial charge >= 0.3 is 0 Å². The summed E-state index contributed by atoms with van der Waals surface area (Å²) in [7, 11) is 3.15. The molecule has 0 aliphatic rings. The van der Waals surface area contributed by atoms with Crippen molar-refractivity contribution in [2.75, 3.05) is 14.2 Å². The third-order valence-corrected chi connectivity index (χ3v) is 4.31. The number of hydrogen-bond donors (Lipinski definition) is 0. The molecule has 0 atom stereocenters. The number of ether oxygens (including phenoxy) is 2. The van der Waals surface area contributed by atoms with Gasteiger partial charge in [-0.1, -0.05) is 30.3 Å². The van der Waals surface area contributed by atoms with Gasteiger partial charge in [-0.05, 0) is 39.8 Å². The van der Waals surface area contributed by atoms with Crippen LogP contribution in [0.15, 0.2) is 51.8 Å². The number of carbonyl (C=O) groups excluding carboxylic acids is 1. The van der Waals surface area contributed by atoms with Crippen LogP contribution in [0.25, 0.3) is 0 Å². The highest BCUT2D eigenvalue weighted by atomic mass is 79.9. The monoisotopic (exact) mass is 352 g/mol. The topological polar surface area (TPSA) is 35.5 Å². The minimum Gasteiger partial charge on any atom is -0.495 e. The van der Waals surface area contributed by atoms with Crippen molar-refractivity contribution in [2.24, 2.45) is 0 Å². The van der Waals surface area contributed by atoms with Crippen LogP contribution < -0.4 is 9.47 Å². The van der Waals surface area contributed by atoms with E-state index in [-0.39, 0.29) is 5.12 Å². The molecule has 0 heterocycles. The van der Waals surface area contributed by atoms with Gasteiger partial charge in [0, 0.05) is 10.5 Å². The number of benzene rings is 2. The zero-order chi connectivity index (χ0) is 14.5. The van der Waals surface area contributed by atoms with E-state index < -0.39 is 0 Å². The second kappa shape index (κ2) is 6.81. The maximum atomic E-state index is 12.2. The number of halogens is 1. The number of thioether (sulfide) groups is 1. The summed E-state index contributed by atoms with van der Waals surface area (Å²) >= 11 is 4.55. The molecule has 0 spiro atoms. The van der Waals surface area contributed by atoms with Crippen molar-refractivity contribution in [3.05, 3.63) is 52.5 Å². The average Bonchev–Trinajstić information content (AvgIpc) is 2.49. The zero-order valence-corrected chi connectivity index (χ0v) is 13.5. The van der Waals surface area contributed by atoms with E-state index >= 15 is 0 Å². The second-order valence-corrected chi connectivity index (χ2v) is 5.74. The average molecular weight is 353 g/mol. The van der Waals surface area contributed by atoms with E-state index in [1.54, 1.807) is 38.5 Å². The lowest BCUT2D eigenvalue weighted by Crippen LogP contribution is -1.94. The first-order valence-corrected chi connectivity index (χ1v) is 7.45. The number of rotatable bonds is 4. The van der Waals surface area contributed by atoms with Crippen molar-refractivity contribution in [3.63, 3.8) is 0 Å². The van der Waals surface area contributed by atoms with E-state index in [0.717, 1.165) is 21.1 Å². The second-order valence-electron chi connectivity index (χ2n) is 3.90. The summed E-state index contributed by atoms with van der Waals surface area (Å²) in [5.74, 6) is 1.26. The van der Waals surface area contributed by atoms with Crippen LogP contribution in [0.1, 0.15) is 10.4 Å². The molecule has 0 amide bonds. The van der Waals surface area contributed by atoms with Crippen LogP contribution in [0, 0.1) is 0 Å². The van der Waals surface area contributed by atoms with E-state index in [0.29, 0.717) is 17.1 Å². The Balaban J connectivity index is 2.28. The van der Waals surface area contributed by atoms with Crippen molar-refractivity contribution in [2.45, 2.75) is 4.90 Å². The summed E-state index contributed by atoms with van der Waals surface area (Å²) in [5.41, 5.74) is 0.665. The Hall–Kier alpha value is -1.46. The molecule has 0 saturated carbocycles. The third kappa shape index (κ3) is 3.35. The van der Waals surface area contributed by atoms with Crippen LogP contribution in [0.3, 0.4) is 0 Å². The zero-order valence-electron chi connectivity index (χ0n) is 11.1. The highest BCUT2D eigenvalue weighted by molar-refractivity contribution is 9.10. The van der Waals surface area contributed by atoms with Gasteiger partial charge in [0.1, 0.15) is 16.0 Å². The summed E-state index contributed by atoms with van der Waals surface area (Å²) in [6.45, 7) is 0. The van der Waals surface area contributed by atoms with Crippen LogP contribution in [-0.2, 0) is 0 Å². The molecule has 0 N–H and O–H groups in total. The molecule has 5 heteroatoms. The van der Waals surface area contributed by atoms with E-state index in [1.807, 2.05) is 18.2 Å². The quantitative estimate of drug-likeness (QED) is 0.764. The third-order valence-electron chi connectivity index (χ3n) is 2.64. The Kier molecular flexibility index (Phi) is 5.09. The fourth-order valence-electron chi connectivity index (χ4n) is 1.64. The Bertz CT molecular complexity index is 589. The van der Waals surface area contributed by atoms with E-state index in [1.165, 1.54) is 0 Å². The molecule has 3 nitrogen and oxygen atoms in total. The lowest BCUT2D eigenvalue weighted by Gasteiger charge is -2.10. The summed E-state index contributed by atoms with van der Waals surface area (Å²) in [6.07, 6.45) is 0. The molecule has 2 rings (SSSR count). The van der Waals surface area contributed by atoms with Crippen molar-refractivity contribution < 1.29 is 14.3 Å². The molecule has 0 radical (unpaired) electrons. The summed E-state index contributed by atoms with van der Waals surface area (Å²) < 4.78 is 11.3. The Morgan fingerprint density at radius 1 is 1.05 bits per heavy atom. The fourth-order valence-corrected chi connectivity index (χ4v) is 3.00. The maximum Gasteiger partial charge on any atom is 0.224 e. The van der Waals surface area contributed by atoms with Crippen LogP contribution in [-0.4, -0.2) is 19.3 Å². The lowest BCUT2D eigenvalue weighted by molar-refractivity contribution is 0.108. The van der Waals surface area contributed by atoms with Gasteiger partial charge in [-0.2, -0.15) is 0 Å². The molecule has 0 aliphatic carbocycles. The Morgan fingerprint density at radius 2 is 1.60 bits per heavy atom. The predicted molar refractivity (Wildman–Crippen MR) is 83.9 cm³/mol. The smallest absolute Gasteiger partial charge is 0.224 e. The van der Waals surface area contributed by atoms with Crippen LogP contribution in [0.4, 0.5) is 0 Å². The summed E-state index contributed by atoms with van der Waals surface area (Å²) in [5, 5.41) is -0.0166. The largest absolute Gasteiger partial charge is 0.495 e. The summed E-state index contributed by atoms with van der Waals surface area (Å²) in [4.78, 5) is 12.9. The van der Waals surface area contributed by atoms with E-state index in [2.05, 4.69) is 15.9 Å². The van der Waals surface area contributed by atoms with Gasteiger partial charge in [-0.25, -0.2) is 0 Å². The molecule has 0 saturated heterocycles. The van der Waals surface area contributed by atoms with Crippen LogP contribution >= 0.6 is 27.7 Å². The van der Waals surface area contributed by atoms with Gasteiger partial charge in [0.05, 0.1) is 14.2 Å². The Morgan fingerprint density at radius 3 is 2.10 bits per heavy atom. The molecule has 0 unspecified atom stereocenters. The van der Waals surface area contributed by atoms with Crippen molar-refractivity contribution in [3.8, 4) is 11.5 Å². The highest BCUT2D eigenvalue weighted by Gasteiger charge is 2.13. The number of carbonyl (C=O) groups is 1. The molecule has 20 heavy (non-hydrogen) atoms. The van der Waals surface area contributed by atoms with Gasteiger partial charge < -0.3 is 9.47 Å². The van der Waals surface area contributed by atoms with Gasteiger partial charge in [-0.3, -0.25) is 4.79 Å². The molecule has 0 aliphatic heterocycles. The van der Waals surface area contributed by atoms with Crippen molar-refractivity contribution in [1.82, 2.24) is 0 Å². The fraction of sp³-hybridized carbons (Fsp3) is 0.133. The Labute approximate surface area is 130 Å². The molecule has 0 fully saturated rings. The minimum atomic E-state index is -0.0166. The molecular formula is C15H13BrO3S. The van der Waals surface area contributed by atoms with E-state index in [4.69, 9.17) is 9.47 Å². The molecule has 2 aromatic carbocycles. The normalized spacial score (nSPS) is 10.2. The van der Waals surface area contributed by atoms with Gasteiger partial charge in [0.2, 0.25) is 5.12 Å². The number of hydrogen-bond acceptors (Lipinski definition) is 4. The van der Waals surface area contributed by atoms with Gasteiger partial charge in [0.15, 0.2) is 0 Å². The first-order chi connectivity index (χ1) is 9.65. The minimum absolute atomic E-state index is 0.0166. The number of methoxy groups -OCH3 is 2. The van der Waals surface area contributed by atoms with Crippen molar-refractivity contribution in [1.29, 1.82) is 0 Å². The van der Waals surface area contributed by atoms with Crippen molar-refractivity contribution >= 4 is 32.8 Å². The highest BCUT2D eigenvalue weighted by Crippen LogP contribution is 2.39. The molecule has 104 valence electrons. The first-order valence-electron chi connectivity index (χ1n) is 5.84. The van der Waals surface area contributed by atoms with Gasteiger partial charge in [0.25, 0.3) is 0 Å². The van der Waals surface area contributed by atoms with Crippen LogP contribution in [0.5, 0.6) is 11.5 Å². The van der Waals surface area contributed by atoms with Crippen LogP contribution in [0.2, 0.25) is 0 Å². The standard InChI is InChI=1S/C15H13BrO3S/c1-18-12-8-11(9-13(19-2)14(12)16)20-15(17)10-6-4-3-5-7-10/h3-9H,1-2H3. The van der Waals surface area contributed by atoms with E-state index in [9.17, 15) is 4.79 Å².